The lowest BCUT2D eigenvalue weighted by Crippen LogP contribution is -2.41. The molecule has 0 spiro atoms. The monoisotopic (exact) mass is 382 g/mol. The number of piperidine rings is 1. The van der Waals surface area contributed by atoms with Gasteiger partial charge in [-0.15, -0.1) is 0 Å². The molecule has 2 heterocycles. The first kappa shape index (κ1) is 17.9. The zero-order chi connectivity index (χ0) is 18.0. The first-order valence-electron chi connectivity index (χ1n) is 7.92. The van der Waals surface area contributed by atoms with E-state index in [2.05, 4.69) is 10.4 Å². The number of halogens is 1. The number of nitrogens with one attached hydrogen (secondary N) is 1. The Bertz CT molecular complexity index is 856. The second-order valence-electron chi connectivity index (χ2n) is 5.96. The van der Waals surface area contributed by atoms with E-state index in [1.165, 1.54) is 16.4 Å². The number of nitrogens with zero attached hydrogens (tertiary/aromatic N) is 3. The number of hydrogen-bond donors (Lipinski definition) is 1. The van der Waals surface area contributed by atoms with Crippen molar-refractivity contribution in [2.45, 2.75) is 17.7 Å². The zero-order valence-corrected chi connectivity index (χ0v) is 15.3. The largest absolute Gasteiger partial charge is 0.311 e. The van der Waals surface area contributed by atoms with Gasteiger partial charge in [0.2, 0.25) is 15.9 Å². The van der Waals surface area contributed by atoms with Gasteiger partial charge in [-0.2, -0.15) is 9.40 Å². The van der Waals surface area contributed by atoms with Crippen LogP contribution in [0.25, 0.3) is 0 Å². The van der Waals surface area contributed by atoms with Crippen molar-refractivity contribution >= 4 is 33.3 Å². The maximum Gasteiger partial charge on any atom is 0.243 e. The highest BCUT2D eigenvalue weighted by molar-refractivity contribution is 7.89. The van der Waals surface area contributed by atoms with Crippen molar-refractivity contribution in [3.8, 4) is 0 Å². The van der Waals surface area contributed by atoms with E-state index in [0.29, 0.717) is 36.8 Å². The smallest absolute Gasteiger partial charge is 0.243 e. The van der Waals surface area contributed by atoms with Crippen LogP contribution in [0.1, 0.15) is 12.8 Å². The highest BCUT2D eigenvalue weighted by Gasteiger charge is 2.32. The summed E-state index contributed by atoms with van der Waals surface area (Å²) in [4.78, 5) is 12.6. The summed E-state index contributed by atoms with van der Waals surface area (Å²) < 4.78 is 28.3. The van der Waals surface area contributed by atoms with Crippen molar-refractivity contribution < 1.29 is 13.2 Å². The molecule has 1 aliphatic heterocycles. The number of carbonyl (C=O) groups is 1. The number of sulfonamides is 1. The first-order chi connectivity index (χ1) is 11.9. The standard InChI is InChI=1S/C16H19ClN4O3S/c1-20-15(6-9-18-20)19-16(22)12-7-10-21(11-8-12)25(23,24)14-4-2-13(17)3-5-14/h2-6,9,12H,7-8,10-11H2,1H3,(H,19,22). The molecule has 1 N–H and O–H groups in total. The van der Waals surface area contributed by atoms with Crippen LogP contribution in [0.3, 0.4) is 0 Å². The van der Waals surface area contributed by atoms with Gasteiger partial charge in [0.15, 0.2) is 0 Å². The molecule has 1 amide bonds. The molecule has 25 heavy (non-hydrogen) atoms. The lowest BCUT2D eigenvalue weighted by Gasteiger charge is -2.30. The number of anilines is 1. The Labute approximate surface area is 151 Å². The van der Waals surface area contributed by atoms with E-state index in [-0.39, 0.29) is 16.7 Å². The Morgan fingerprint density at radius 3 is 2.40 bits per heavy atom. The van der Waals surface area contributed by atoms with Crippen molar-refractivity contribution in [3.05, 3.63) is 41.6 Å². The Morgan fingerprint density at radius 2 is 1.84 bits per heavy atom. The van der Waals surface area contributed by atoms with Crippen LogP contribution in [0.2, 0.25) is 5.02 Å². The molecule has 1 aromatic heterocycles. The van der Waals surface area contributed by atoms with Crippen LogP contribution >= 0.6 is 11.6 Å². The van der Waals surface area contributed by atoms with Gasteiger partial charge in [-0.05, 0) is 37.1 Å². The average Bonchev–Trinajstić information content (AvgIpc) is 3.00. The van der Waals surface area contributed by atoms with E-state index in [9.17, 15) is 13.2 Å². The number of aromatic nitrogens is 2. The Hall–Kier alpha value is -1.90. The van der Waals surface area contributed by atoms with E-state index in [1.807, 2.05) is 0 Å². The van der Waals surface area contributed by atoms with Gasteiger partial charge in [-0.1, -0.05) is 11.6 Å². The molecule has 9 heteroatoms. The molecule has 1 saturated heterocycles. The minimum atomic E-state index is -3.56. The van der Waals surface area contributed by atoms with E-state index in [0.717, 1.165) is 0 Å². The summed E-state index contributed by atoms with van der Waals surface area (Å²) in [5.41, 5.74) is 0. The van der Waals surface area contributed by atoms with E-state index in [4.69, 9.17) is 11.6 Å². The predicted molar refractivity (Wildman–Crippen MR) is 94.8 cm³/mol. The molecule has 0 radical (unpaired) electrons. The van der Waals surface area contributed by atoms with Gasteiger partial charge < -0.3 is 5.32 Å². The summed E-state index contributed by atoms with van der Waals surface area (Å²) in [5.74, 6) is 0.305. The van der Waals surface area contributed by atoms with Gasteiger partial charge >= 0.3 is 0 Å². The molecule has 1 fully saturated rings. The number of carbonyl (C=O) groups excluding carboxylic acids is 1. The highest BCUT2D eigenvalue weighted by Crippen LogP contribution is 2.25. The molecule has 134 valence electrons. The molecule has 3 rings (SSSR count). The van der Waals surface area contributed by atoms with Crippen LogP contribution in [0.4, 0.5) is 5.82 Å². The Balaban J connectivity index is 1.62. The Morgan fingerprint density at radius 1 is 1.20 bits per heavy atom. The molecule has 0 atom stereocenters. The third-order valence-electron chi connectivity index (χ3n) is 4.35. The Kier molecular flexibility index (Phi) is 5.12. The van der Waals surface area contributed by atoms with Crippen molar-refractivity contribution in [1.29, 1.82) is 0 Å². The van der Waals surface area contributed by atoms with Crippen molar-refractivity contribution in [2.75, 3.05) is 18.4 Å². The van der Waals surface area contributed by atoms with Crippen molar-refractivity contribution in [1.82, 2.24) is 14.1 Å². The molecule has 1 aromatic carbocycles. The fourth-order valence-corrected chi connectivity index (χ4v) is 4.43. The van der Waals surface area contributed by atoms with Crippen LogP contribution in [-0.4, -0.2) is 41.5 Å². The fourth-order valence-electron chi connectivity index (χ4n) is 2.84. The summed E-state index contributed by atoms with van der Waals surface area (Å²) in [6.07, 6.45) is 2.57. The van der Waals surface area contributed by atoms with E-state index < -0.39 is 10.0 Å². The average molecular weight is 383 g/mol. The summed E-state index contributed by atoms with van der Waals surface area (Å²) in [5, 5.41) is 7.32. The number of benzene rings is 1. The molecule has 0 saturated carbocycles. The molecular weight excluding hydrogens is 364 g/mol. The third kappa shape index (κ3) is 3.86. The molecular formula is C16H19ClN4O3S. The van der Waals surface area contributed by atoms with E-state index in [1.54, 1.807) is 36.1 Å². The normalized spacial score (nSPS) is 16.7. The SMILES string of the molecule is Cn1nccc1NC(=O)C1CCN(S(=O)(=O)c2ccc(Cl)cc2)CC1. The molecule has 2 aromatic rings. The van der Waals surface area contributed by atoms with Crippen LogP contribution in [0.15, 0.2) is 41.4 Å². The van der Waals surface area contributed by atoms with Crippen LogP contribution in [0.5, 0.6) is 0 Å². The maximum atomic E-state index is 12.6. The fraction of sp³-hybridized carbons (Fsp3) is 0.375. The van der Waals surface area contributed by atoms with Crippen molar-refractivity contribution in [3.63, 3.8) is 0 Å². The summed E-state index contributed by atoms with van der Waals surface area (Å²) in [7, 11) is -1.81. The first-order valence-corrected chi connectivity index (χ1v) is 9.74. The van der Waals surface area contributed by atoms with Gasteiger partial charge in [-0.25, -0.2) is 8.42 Å². The van der Waals surface area contributed by atoms with Gasteiger partial charge in [0.05, 0.1) is 11.1 Å². The zero-order valence-electron chi connectivity index (χ0n) is 13.7. The van der Waals surface area contributed by atoms with Crippen molar-refractivity contribution in [2.24, 2.45) is 13.0 Å². The number of amides is 1. The second kappa shape index (κ2) is 7.15. The molecule has 0 aliphatic carbocycles. The topological polar surface area (TPSA) is 84.3 Å². The summed E-state index contributed by atoms with van der Waals surface area (Å²) in [6, 6.07) is 7.83. The van der Waals surface area contributed by atoms with Crippen LogP contribution < -0.4 is 5.32 Å². The second-order valence-corrected chi connectivity index (χ2v) is 8.34. The minimum Gasteiger partial charge on any atom is -0.311 e. The van der Waals surface area contributed by atoms with Crippen LogP contribution in [0, 0.1) is 5.92 Å². The minimum absolute atomic E-state index is 0.104. The lowest BCUT2D eigenvalue weighted by molar-refractivity contribution is -0.121. The molecule has 0 unspecified atom stereocenters. The summed E-state index contributed by atoms with van der Waals surface area (Å²) >= 11 is 5.81. The molecule has 1 aliphatic rings. The predicted octanol–water partition coefficient (Wildman–Crippen LogP) is 2.11. The van der Waals surface area contributed by atoms with E-state index >= 15 is 0 Å². The molecule has 0 bridgehead atoms. The quantitative estimate of drug-likeness (QED) is 0.877. The highest BCUT2D eigenvalue weighted by atomic mass is 35.5. The number of rotatable bonds is 4. The third-order valence-corrected chi connectivity index (χ3v) is 6.51. The lowest BCUT2D eigenvalue weighted by atomic mass is 9.97. The maximum absolute atomic E-state index is 12.6. The summed E-state index contributed by atoms with van der Waals surface area (Å²) in [6.45, 7) is 0.628. The van der Waals surface area contributed by atoms with Gasteiger partial charge in [-0.3, -0.25) is 9.48 Å². The van der Waals surface area contributed by atoms with Crippen LogP contribution in [-0.2, 0) is 21.9 Å². The number of hydrogen-bond acceptors (Lipinski definition) is 4. The molecule has 7 nitrogen and oxygen atoms in total. The van der Waals surface area contributed by atoms with Gasteiger partial charge in [0.1, 0.15) is 5.82 Å². The van der Waals surface area contributed by atoms with Gasteiger partial charge in [0, 0.05) is 37.1 Å². The number of aryl methyl sites for hydroxylation is 1. The van der Waals surface area contributed by atoms with Gasteiger partial charge in [0.25, 0.3) is 0 Å².